The van der Waals surface area contributed by atoms with Crippen molar-refractivity contribution >= 4 is 34.2 Å². The highest BCUT2D eigenvalue weighted by molar-refractivity contribution is 6.34. The zero-order chi connectivity index (χ0) is 20.2. The summed E-state index contributed by atoms with van der Waals surface area (Å²) >= 11 is 6.65. The monoisotopic (exact) mass is 415 g/mol. The number of carbonyl (C=O) groups excluding carboxylic acids is 1. The van der Waals surface area contributed by atoms with Gasteiger partial charge in [0.05, 0.1) is 34.2 Å². The maximum Gasteiger partial charge on any atom is 0.287 e. The average Bonchev–Trinajstić information content (AvgIpc) is 3.30. The molecule has 3 N–H and O–H groups in total. The highest BCUT2D eigenvalue weighted by atomic mass is 35.5. The molecule has 1 aromatic heterocycles. The fourth-order valence-electron chi connectivity index (χ4n) is 4.94. The minimum atomic E-state index is -0.265. The summed E-state index contributed by atoms with van der Waals surface area (Å²) < 4.78 is 11.4. The second-order valence-corrected chi connectivity index (χ2v) is 9.08. The van der Waals surface area contributed by atoms with Gasteiger partial charge in [0.1, 0.15) is 5.58 Å². The fourth-order valence-corrected chi connectivity index (χ4v) is 5.20. The van der Waals surface area contributed by atoms with E-state index < -0.39 is 0 Å². The van der Waals surface area contributed by atoms with E-state index in [-0.39, 0.29) is 17.0 Å². The molecule has 2 fully saturated rings. The van der Waals surface area contributed by atoms with Gasteiger partial charge in [0.2, 0.25) is 0 Å². The van der Waals surface area contributed by atoms with Crippen molar-refractivity contribution in [1.29, 1.82) is 0 Å². The second-order valence-electron chi connectivity index (χ2n) is 8.68. The van der Waals surface area contributed by atoms with Crippen LogP contribution in [0.1, 0.15) is 61.1 Å². The first-order chi connectivity index (χ1) is 14.0. The number of carbonyl (C=O) groups is 1. The molecule has 1 aromatic carbocycles. The average molecular weight is 416 g/mol. The van der Waals surface area contributed by atoms with Gasteiger partial charge in [0.15, 0.2) is 5.76 Å². The molecule has 1 spiro atoms. The van der Waals surface area contributed by atoms with Gasteiger partial charge in [0.25, 0.3) is 5.91 Å². The van der Waals surface area contributed by atoms with E-state index >= 15 is 0 Å². The SMILES string of the molecule is C=C1Nc2c(Cl)cc3cc(C(=O)NC4(COC)CC4)oc3c2C2(CCCCC2)N1. The summed E-state index contributed by atoms with van der Waals surface area (Å²) in [4.78, 5) is 12.9. The Hall–Kier alpha value is -2.18. The highest BCUT2D eigenvalue weighted by Gasteiger charge is 2.45. The summed E-state index contributed by atoms with van der Waals surface area (Å²) in [5, 5.41) is 11.4. The van der Waals surface area contributed by atoms with Crippen molar-refractivity contribution in [3.8, 4) is 0 Å². The number of hydrogen-bond acceptors (Lipinski definition) is 5. The molecule has 2 aliphatic carbocycles. The van der Waals surface area contributed by atoms with Crippen LogP contribution in [0.4, 0.5) is 5.69 Å². The number of furan rings is 1. The van der Waals surface area contributed by atoms with E-state index in [2.05, 4.69) is 22.5 Å². The van der Waals surface area contributed by atoms with Gasteiger partial charge < -0.3 is 25.1 Å². The molecule has 2 heterocycles. The minimum absolute atomic E-state index is 0.209. The van der Waals surface area contributed by atoms with E-state index in [1.54, 1.807) is 13.2 Å². The predicted molar refractivity (Wildman–Crippen MR) is 113 cm³/mol. The van der Waals surface area contributed by atoms with Crippen LogP contribution in [0.5, 0.6) is 0 Å². The standard InChI is InChI=1S/C22H26ClN3O3/c1-13-24-18-15(23)10-14-11-16(20(27)26-21(8-9-21)12-28-2)29-19(14)17(18)22(25-13)6-4-3-5-7-22/h10-11,24-25H,1,3-9,12H2,2H3,(H,26,27). The molecule has 29 heavy (non-hydrogen) atoms. The van der Waals surface area contributed by atoms with Crippen LogP contribution in [-0.2, 0) is 10.3 Å². The van der Waals surface area contributed by atoms with Gasteiger partial charge in [-0.1, -0.05) is 37.4 Å². The Bertz CT molecular complexity index is 1000. The van der Waals surface area contributed by atoms with Crippen LogP contribution in [0.2, 0.25) is 5.02 Å². The van der Waals surface area contributed by atoms with E-state index in [1.165, 1.54) is 6.42 Å². The van der Waals surface area contributed by atoms with Crippen molar-refractivity contribution in [3.05, 3.63) is 40.9 Å². The second kappa shape index (κ2) is 6.67. The van der Waals surface area contributed by atoms with Crippen LogP contribution in [0, 0.1) is 0 Å². The molecule has 1 amide bonds. The molecule has 5 rings (SSSR count). The smallest absolute Gasteiger partial charge is 0.287 e. The zero-order valence-corrected chi connectivity index (χ0v) is 17.4. The molecule has 0 radical (unpaired) electrons. The number of amides is 1. The van der Waals surface area contributed by atoms with Gasteiger partial charge >= 0.3 is 0 Å². The largest absolute Gasteiger partial charge is 0.450 e. The van der Waals surface area contributed by atoms with Gasteiger partial charge in [-0.15, -0.1) is 0 Å². The number of fused-ring (bicyclic) bond motifs is 4. The van der Waals surface area contributed by atoms with E-state index in [4.69, 9.17) is 20.8 Å². The quantitative estimate of drug-likeness (QED) is 0.678. The third-order valence-electron chi connectivity index (χ3n) is 6.49. The number of anilines is 1. The summed E-state index contributed by atoms with van der Waals surface area (Å²) in [5.74, 6) is 0.849. The van der Waals surface area contributed by atoms with Crippen LogP contribution < -0.4 is 16.0 Å². The van der Waals surface area contributed by atoms with Crippen molar-refractivity contribution in [3.63, 3.8) is 0 Å². The number of hydrogen-bond donors (Lipinski definition) is 3. The summed E-state index contributed by atoms with van der Waals surface area (Å²) in [7, 11) is 1.65. The van der Waals surface area contributed by atoms with Crippen molar-refractivity contribution in [1.82, 2.24) is 10.6 Å². The minimum Gasteiger partial charge on any atom is -0.450 e. The van der Waals surface area contributed by atoms with E-state index in [9.17, 15) is 4.79 Å². The molecule has 3 aliphatic rings. The number of benzene rings is 1. The molecule has 2 saturated carbocycles. The number of rotatable bonds is 4. The van der Waals surface area contributed by atoms with Gasteiger partial charge in [-0.05, 0) is 37.8 Å². The number of ether oxygens (including phenoxy) is 1. The van der Waals surface area contributed by atoms with Crippen molar-refractivity contribution < 1.29 is 13.9 Å². The van der Waals surface area contributed by atoms with E-state index in [1.807, 2.05) is 6.07 Å². The molecule has 7 heteroatoms. The molecule has 6 nitrogen and oxygen atoms in total. The molecular weight excluding hydrogens is 390 g/mol. The lowest BCUT2D eigenvalue weighted by Gasteiger charge is -2.44. The summed E-state index contributed by atoms with van der Waals surface area (Å²) in [6, 6.07) is 3.65. The van der Waals surface area contributed by atoms with Crippen LogP contribution in [-0.4, -0.2) is 25.2 Å². The third-order valence-corrected chi connectivity index (χ3v) is 6.79. The highest BCUT2D eigenvalue weighted by Crippen LogP contribution is 2.50. The Balaban J connectivity index is 1.59. The zero-order valence-electron chi connectivity index (χ0n) is 16.6. The Morgan fingerprint density at radius 3 is 2.72 bits per heavy atom. The van der Waals surface area contributed by atoms with Crippen molar-refractivity contribution in [2.24, 2.45) is 0 Å². The van der Waals surface area contributed by atoms with Gasteiger partial charge in [0, 0.05) is 18.1 Å². The molecule has 0 unspecified atom stereocenters. The lowest BCUT2D eigenvalue weighted by Crippen LogP contribution is -2.48. The van der Waals surface area contributed by atoms with Gasteiger partial charge in [-0.2, -0.15) is 0 Å². The molecular formula is C22H26ClN3O3. The maximum absolute atomic E-state index is 12.9. The number of methoxy groups -OCH3 is 1. The molecule has 0 bridgehead atoms. The van der Waals surface area contributed by atoms with Crippen LogP contribution >= 0.6 is 11.6 Å². The topological polar surface area (TPSA) is 75.5 Å². The van der Waals surface area contributed by atoms with Crippen LogP contribution in [0.3, 0.4) is 0 Å². The predicted octanol–water partition coefficient (Wildman–Crippen LogP) is 4.64. The summed E-state index contributed by atoms with van der Waals surface area (Å²) in [6.45, 7) is 4.61. The summed E-state index contributed by atoms with van der Waals surface area (Å²) in [6.07, 6.45) is 7.28. The van der Waals surface area contributed by atoms with E-state index in [0.29, 0.717) is 17.4 Å². The first kappa shape index (κ1) is 18.8. The third kappa shape index (κ3) is 3.09. The first-order valence-electron chi connectivity index (χ1n) is 10.3. The normalized spacial score (nSPS) is 21.4. The molecule has 2 aromatic rings. The summed E-state index contributed by atoms with van der Waals surface area (Å²) in [5.41, 5.74) is 2.06. The maximum atomic E-state index is 12.9. The van der Waals surface area contributed by atoms with Crippen LogP contribution in [0.25, 0.3) is 11.0 Å². The lowest BCUT2D eigenvalue weighted by molar-refractivity contribution is 0.0856. The van der Waals surface area contributed by atoms with E-state index in [0.717, 1.165) is 66.6 Å². The van der Waals surface area contributed by atoms with Crippen molar-refractivity contribution in [2.45, 2.75) is 56.0 Å². The molecule has 154 valence electrons. The number of nitrogens with one attached hydrogen (secondary N) is 3. The van der Waals surface area contributed by atoms with Crippen molar-refractivity contribution in [2.75, 3.05) is 19.0 Å². The Kier molecular flexibility index (Phi) is 4.33. The molecule has 0 saturated heterocycles. The first-order valence-corrected chi connectivity index (χ1v) is 10.7. The number of halogens is 1. The van der Waals surface area contributed by atoms with Gasteiger partial charge in [-0.25, -0.2) is 0 Å². The lowest BCUT2D eigenvalue weighted by atomic mass is 9.74. The van der Waals surface area contributed by atoms with Gasteiger partial charge in [-0.3, -0.25) is 4.79 Å². The Morgan fingerprint density at radius 2 is 2.03 bits per heavy atom. The molecule has 0 atom stereocenters. The van der Waals surface area contributed by atoms with Crippen LogP contribution in [0.15, 0.2) is 28.9 Å². The Morgan fingerprint density at radius 1 is 1.28 bits per heavy atom. The fraction of sp³-hybridized carbons (Fsp3) is 0.500. The Labute approximate surface area is 175 Å². The molecule has 1 aliphatic heterocycles.